The van der Waals surface area contributed by atoms with E-state index in [-0.39, 0.29) is 0 Å². The lowest BCUT2D eigenvalue weighted by atomic mass is 10.2. The molecule has 0 saturated carbocycles. The molecular formula is C4H8NO3-. The Hall–Kier alpha value is -0.610. The summed E-state index contributed by atoms with van der Waals surface area (Å²) in [4.78, 5) is 9.74. The van der Waals surface area contributed by atoms with E-state index in [2.05, 4.69) is 0 Å². The molecule has 4 heteroatoms. The molecule has 0 heterocycles. The van der Waals surface area contributed by atoms with Crippen molar-refractivity contribution < 1.29 is 15.0 Å². The lowest BCUT2D eigenvalue weighted by Crippen LogP contribution is -2.48. The maximum absolute atomic E-state index is 9.74. The fourth-order valence-corrected chi connectivity index (χ4v) is 0.197. The Kier molecular flexibility index (Phi) is 2.44. The number of nitrogens with two attached hydrogens (primary N) is 1. The minimum Gasteiger partial charge on any atom is -0.548 e. The van der Waals surface area contributed by atoms with Crippen LogP contribution in [-0.2, 0) is 4.79 Å². The lowest BCUT2D eigenvalue weighted by molar-refractivity contribution is -0.309. The van der Waals surface area contributed by atoms with Gasteiger partial charge in [0.25, 0.3) is 0 Å². The number of hydrogen-bond donors (Lipinski definition) is 2. The first-order chi connectivity index (χ1) is 3.55. The lowest BCUT2D eigenvalue weighted by Gasteiger charge is -2.14. The molecule has 0 aromatic carbocycles. The molecule has 0 aromatic heterocycles. The number of carbonyl (C=O) groups is 1. The number of carboxylic acids is 1. The molecule has 3 N–H and O–H groups in total. The van der Waals surface area contributed by atoms with E-state index < -0.39 is 18.1 Å². The van der Waals surface area contributed by atoms with E-state index in [1.54, 1.807) is 0 Å². The molecule has 0 aliphatic rings. The van der Waals surface area contributed by atoms with Gasteiger partial charge in [-0.1, -0.05) is 0 Å². The van der Waals surface area contributed by atoms with Crippen molar-refractivity contribution >= 4 is 5.97 Å². The van der Waals surface area contributed by atoms with Crippen molar-refractivity contribution in [2.75, 3.05) is 0 Å². The number of aliphatic hydroxyl groups is 1. The van der Waals surface area contributed by atoms with Crippen LogP contribution in [-0.4, -0.2) is 23.2 Å². The topological polar surface area (TPSA) is 86.4 Å². The Labute approximate surface area is 46.9 Å². The molecule has 0 fully saturated rings. The zero-order valence-corrected chi connectivity index (χ0v) is 4.50. The number of hydrogen-bond acceptors (Lipinski definition) is 4. The molecule has 0 radical (unpaired) electrons. The Morgan fingerprint density at radius 3 is 2.25 bits per heavy atom. The smallest absolute Gasteiger partial charge is 0.0716 e. The van der Waals surface area contributed by atoms with Crippen molar-refractivity contribution in [1.29, 1.82) is 0 Å². The van der Waals surface area contributed by atoms with Crippen molar-refractivity contribution in [2.45, 2.75) is 19.1 Å². The number of aliphatic hydroxyl groups excluding tert-OH is 1. The SMILES string of the molecule is C[C@H](O)[C@@H](N)C(=O)[O-]. The van der Waals surface area contributed by atoms with E-state index in [1.165, 1.54) is 6.92 Å². The first kappa shape index (κ1) is 7.39. The molecule has 0 unspecified atom stereocenters. The molecule has 0 aliphatic heterocycles. The molecular weight excluding hydrogens is 110 g/mol. The summed E-state index contributed by atoms with van der Waals surface area (Å²) in [7, 11) is 0. The van der Waals surface area contributed by atoms with Gasteiger partial charge >= 0.3 is 0 Å². The zero-order valence-electron chi connectivity index (χ0n) is 4.50. The summed E-state index contributed by atoms with van der Waals surface area (Å²) < 4.78 is 0. The van der Waals surface area contributed by atoms with Gasteiger partial charge in [0, 0.05) is 0 Å². The third-order valence-electron chi connectivity index (χ3n) is 0.792. The quantitative estimate of drug-likeness (QED) is 0.417. The fourth-order valence-electron chi connectivity index (χ4n) is 0.197. The largest absolute Gasteiger partial charge is 0.548 e. The number of carbonyl (C=O) groups excluding carboxylic acids is 1. The third kappa shape index (κ3) is 1.90. The van der Waals surface area contributed by atoms with Crippen LogP contribution in [0, 0.1) is 0 Å². The molecule has 48 valence electrons. The second kappa shape index (κ2) is 2.64. The van der Waals surface area contributed by atoms with Gasteiger partial charge in [-0.05, 0) is 6.92 Å². The Balaban J connectivity index is 3.64. The maximum atomic E-state index is 9.74. The van der Waals surface area contributed by atoms with E-state index in [0.29, 0.717) is 0 Å². The van der Waals surface area contributed by atoms with Crippen LogP contribution < -0.4 is 10.8 Å². The van der Waals surface area contributed by atoms with E-state index in [4.69, 9.17) is 10.8 Å². The van der Waals surface area contributed by atoms with Crippen LogP contribution >= 0.6 is 0 Å². The number of carboxylic acid groups (broad SMARTS) is 1. The minimum atomic E-state index is -1.43. The summed E-state index contributed by atoms with van der Waals surface area (Å²) >= 11 is 0. The van der Waals surface area contributed by atoms with Gasteiger partial charge in [-0.25, -0.2) is 0 Å². The van der Waals surface area contributed by atoms with Gasteiger partial charge in [-0.3, -0.25) is 0 Å². The molecule has 0 bridgehead atoms. The second-order valence-corrected chi connectivity index (χ2v) is 1.59. The van der Waals surface area contributed by atoms with Crippen LogP contribution in [0.5, 0.6) is 0 Å². The molecule has 8 heavy (non-hydrogen) atoms. The summed E-state index contributed by atoms with van der Waals surface area (Å²) in [6, 6.07) is -1.27. The molecule has 0 rings (SSSR count). The van der Waals surface area contributed by atoms with E-state index in [0.717, 1.165) is 0 Å². The first-order valence-electron chi connectivity index (χ1n) is 2.20. The summed E-state index contributed by atoms with van der Waals surface area (Å²) in [5, 5.41) is 18.2. The van der Waals surface area contributed by atoms with Gasteiger partial charge in [0.1, 0.15) is 0 Å². The maximum Gasteiger partial charge on any atom is 0.0716 e. The highest BCUT2D eigenvalue weighted by atomic mass is 16.4. The van der Waals surface area contributed by atoms with Crippen molar-refractivity contribution in [3.05, 3.63) is 0 Å². The molecule has 2 atom stereocenters. The standard InChI is InChI=1S/C4H9NO3/c1-2(6)3(5)4(7)8/h2-3,6H,5H2,1H3,(H,7,8)/p-1/t2-,3+/m0/s1. The average Bonchev–Trinajstić information content (AvgIpc) is 1.64. The normalized spacial score (nSPS) is 17.4. The molecule has 0 amide bonds. The van der Waals surface area contributed by atoms with Crippen LogP contribution in [0.2, 0.25) is 0 Å². The highest BCUT2D eigenvalue weighted by Gasteiger charge is 2.08. The van der Waals surface area contributed by atoms with Crippen molar-refractivity contribution in [3.8, 4) is 0 Å². The predicted octanol–water partition coefficient (Wildman–Crippen LogP) is -2.56. The van der Waals surface area contributed by atoms with Crippen LogP contribution in [0.1, 0.15) is 6.92 Å². The second-order valence-electron chi connectivity index (χ2n) is 1.59. The minimum absolute atomic E-state index is 1.04. The summed E-state index contributed by atoms with van der Waals surface area (Å²) in [6.07, 6.45) is -1.04. The van der Waals surface area contributed by atoms with Gasteiger partial charge in [0.2, 0.25) is 0 Å². The molecule has 0 saturated heterocycles. The van der Waals surface area contributed by atoms with E-state index in [9.17, 15) is 9.90 Å². The summed E-state index contributed by atoms with van der Waals surface area (Å²) in [5.41, 5.74) is 4.85. The summed E-state index contributed by atoms with van der Waals surface area (Å²) in [6.45, 7) is 1.29. The van der Waals surface area contributed by atoms with Crippen molar-refractivity contribution in [2.24, 2.45) is 5.73 Å². The van der Waals surface area contributed by atoms with Gasteiger partial charge in [-0.2, -0.15) is 0 Å². The van der Waals surface area contributed by atoms with Crippen LogP contribution in [0.4, 0.5) is 0 Å². The molecule has 0 aromatic rings. The number of aliphatic carboxylic acids is 1. The zero-order chi connectivity index (χ0) is 6.73. The highest BCUT2D eigenvalue weighted by molar-refractivity contribution is 5.71. The average molecular weight is 118 g/mol. The molecule has 0 spiro atoms. The Morgan fingerprint density at radius 2 is 2.25 bits per heavy atom. The van der Waals surface area contributed by atoms with E-state index in [1.807, 2.05) is 0 Å². The monoisotopic (exact) mass is 118 g/mol. The first-order valence-corrected chi connectivity index (χ1v) is 2.20. The Bertz CT molecular complexity index is 91.3. The third-order valence-corrected chi connectivity index (χ3v) is 0.792. The van der Waals surface area contributed by atoms with Crippen LogP contribution in [0.15, 0.2) is 0 Å². The van der Waals surface area contributed by atoms with Crippen molar-refractivity contribution in [1.82, 2.24) is 0 Å². The highest BCUT2D eigenvalue weighted by Crippen LogP contribution is 1.83. The molecule has 4 nitrogen and oxygen atoms in total. The van der Waals surface area contributed by atoms with Crippen LogP contribution in [0.3, 0.4) is 0 Å². The van der Waals surface area contributed by atoms with Gasteiger partial charge in [0.15, 0.2) is 0 Å². The van der Waals surface area contributed by atoms with Crippen molar-refractivity contribution in [3.63, 3.8) is 0 Å². The van der Waals surface area contributed by atoms with Gasteiger partial charge < -0.3 is 20.7 Å². The Morgan fingerprint density at radius 1 is 1.88 bits per heavy atom. The number of rotatable bonds is 2. The van der Waals surface area contributed by atoms with Gasteiger partial charge in [0.05, 0.1) is 18.1 Å². The molecule has 0 aliphatic carbocycles. The summed E-state index contributed by atoms with van der Waals surface area (Å²) in [5.74, 6) is -1.43. The fraction of sp³-hybridized carbons (Fsp3) is 0.750. The van der Waals surface area contributed by atoms with Crippen LogP contribution in [0.25, 0.3) is 0 Å². The van der Waals surface area contributed by atoms with Gasteiger partial charge in [-0.15, -0.1) is 0 Å². The van der Waals surface area contributed by atoms with E-state index >= 15 is 0 Å². The predicted molar refractivity (Wildman–Crippen MR) is 24.7 cm³/mol.